The van der Waals surface area contributed by atoms with Crippen molar-refractivity contribution in [1.82, 2.24) is 9.78 Å². The lowest BCUT2D eigenvalue weighted by molar-refractivity contribution is -0.393. The molecule has 0 aliphatic rings. The molecule has 0 aliphatic heterocycles. The molecule has 0 unspecified atom stereocenters. The molecular formula is C11H19N3O4Si. The van der Waals surface area contributed by atoms with Crippen molar-refractivity contribution >= 4 is 19.7 Å². The Hall–Kier alpha value is -1.54. The maximum absolute atomic E-state index is 11.2. The van der Waals surface area contributed by atoms with Crippen LogP contribution in [0.4, 0.5) is 5.82 Å². The van der Waals surface area contributed by atoms with Crippen molar-refractivity contribution < 1.29 is 14.5 Å². The van der Waals surface area contributed by atoms with Crippen molar-refractivity contribution in [2.24, 2.45) is 0 Å². The number of hydrogen-bond donors (Lipinski definition) is 0. The Morgan fingerprint density at radius 3 is 2.63 bits per heavy atom. The van der Waals surface area contributed by atoms with Crippen LogP contribution in [0.2, 0.25) is 25.7 Å². The van der Waals surface area contributed by atoms with E-state index in [4.69, 9.17) is 4.74 Å². The first-order valence-corrected chi connectivity index (χ1v) is 9.72. The number of nitrogens with zero attached hydrogens (tertiary/aromatic N) is 3. The molecule has 0 fully saturated rings. The maximum Gasteiger partial charge on any atom is 0.347 e. The van der Waals surface area contributed by atoms with Gasteiger partial charge in [-0.15, -0.1) is 4.68 Å². The van der Waals surface area contributed by atoms with Gasteiger partial charge in [0, 0.05) is 21.6 Å². The number of ether oxygens (including phenoxy) is 1. The normalized spacial score (nSPS) is 11.6. The van der Waals surface area contributed by atoms with Crippen LogP contribution in [0.1, 0.15) is 17.4 Å². The molecule has 0 amide bonds. The molecule has 0 saturated heterocycles. The molecule has 0 aliphatic carbocycles. The van der Waals surface area contributed by atoms with Gasteiger partial charge in [0.15, 0.2) is 11.5 Å². The number of rotatable bonds is 7. The van der Waals surface area contributed by atoms with Crippen molar-refractivity contribution in [3.63, 3.8) is 0 Å². The van der Waals surface area contributed by atoms with E-state index >= 15 is 0 Å². The van der Waals surface area contributed by atoms with Gasteiger partial charge in [-0.1, -0.05) is 24.7 Å². The van der Waals surface area contributed by atoms with E-state index in [2.05, 4.69) is 24.7 Å². The standard InChI is InChI=1S/C11H19N3O4Si/c1-9(15)10-7-11(14(16)17)13(12-10)8-18-5-6-19(2,3)4/h7H,5-6,8H2,1-4H3. The van der Waals surface area contributed by atoms with Gasteiger partial charge in [0.2, 0.25) is 6.73 Å². The van der Waals surface area contributed by atoms with E-state index in [0.29, 0.717) is 6.61 Å². The Labute approximate surface area is 112 Å². The Bertz CT molecular complexity index is 479. The summed E-state index contributed by atoms with van der Waals surface area (Å²) in [4.78, 5) is 21.4. The molecule has 0 saturated carbocycles. The molecule has 106 valence electrons. The number of ketones is 1. The Morgan fingerprint density at radius 1 is 1.53 bits per heavy atom. The van der Waals surface area contributed by atoms with Crippen molar-refractivity contribution in [2.75, 3.05) is 6.61 Å². The third-order valence-corrected chi connectivity index (χ3v) is 4.22. The molecule has 1 aromatic rings. The molecular weight excluding hydrogens is 266 g/mol. The predicted molar refractivity (Wildman–Crippen MR) is 73.0 cm³/mol. The first kappa shape index (κ1) is 15.5. The summed E-state index contributed by atoms with van der Waals surface area (Å²) >= 11 is 0. The Balaban J connectivity index is 2.67. The molecule has 0 aromatic carbocycles. The fourth-order valence-corrected chi connectivity index (χ4v) is 2.11. The van der Waals surface area contributed by atoms with Gasteiger partial charge in [0.25, 0.3) is 0 Å². The fourth-order valence-electron chi connectivity index (χ4n) is 1.35. The first-order chi connectivity index (χ1) is 8.70. The van der Waals surface area contributed by atoms with E-state index < -0.39 is 13.0 Å². The Morgan fingerprint density at radius 2 is 2.16 bits per heavy atom. The molecule has 1 rings (SSSR count). The highest BCUT2D eigenvalue weighted by atomic mass is 28.3. The van der Waals surface area contributed by atoms with Crippen molar-refractivity contribution in [1.29, 1.82) is 0 Å². The molecule has 0 bridgehead atoms. The van der Waals surface area contributed by atoms with Gasteiger partial charge >= 0.3 is 5.82 Å². The molecule has 0 radical (unpaired) electrons. The molecule has 1 heterocycles. The highest BCUT2D eigenvalue weighted by Crippen LogP contribution is 2.14. The van der Waals surface area contributed by atoms with Crippen molar-refractivity contribution in [3.05, 3.63) is 21.9 Å². The molecule has 0 N–H and O–H groups in total. The van der Waals surface area contributed by atoms with Crippen LogP contribution in [0.15, 0.2) is 6.07 Å². The van der Waals surface area contributed by atoms with Gasteiger partial charge in [-0.2, -0.15) is 0 Å². The number of aromatic nitrogens is 2. The molecule has 0 atom stereocenters. The third-order valence-electron chi connectivity index (χ3n) is 2.52. The van der Waals surface area contributed by atoms with E-state index in [0.717, 1.165) is 10.7 Å². The average molecular weight is 285 g/mol. The van der Waals surface area contributed by atoms with Crippen LogP contribution in [0.5, 0.6) is 0 Å². The molecule has 7 nitrogen and oxygen atoms in total. The third kappa shape index (κ3) is 4.91. The number of carbonyl (C=O) groups is 1. The second-order valence-electron chi connectivity index (χ2n) is 5.55. The molecule has 8 heteroatoms. The zero-order valence-electron chi connectivity index (χ0n) is 11.7. The lowest BCUT2D eigenvalue weighted by atomic mass is 10.3. The number of nitro groups is 1. The van der Waals surface area contributed by atoms with Crippen LogP contribution >= 0.6 is 0 Å². The number of carbonyl (C=O) groups excluding carboxylic acids is 1. The second-order valence-corrected chi connectivity index (χ2v) is 11.2. The monoisotopic (exact) mass is 285 g/mol. The highest BCUT2D eigenvalue weighted by molar-refractivity contribution is 6.76. The number of Topliss-reactive ketones (excluding diaryl/α,β-unsaturated/α-hetero) is 1. The SMILES string of the molecule is CC(=O)c1cc([N+](=O)[O-])n(COCC[Si](C)(C)C)n1. The van der Waals surface area contributed by atoms with E-state index in [9.17, 15) is 14.9 Å². The first-order valence-electron chi connectivity index (χ1n) is 6.01. The van der Waals surface area contributed by atoms with Gasteiger partial charge in [0.1, 0.15) is 0 Å². The van der Waals surface area contributed by atoms with E-state index in [1.165, 1.54) is 13.0 Å². The van der Waals surface area contributed by atoms with Gasteiger partial charge in [-0.3, -0.25) is 4.79 Å². The van der Waals surface area contributed by atoms with E-state index in [-0.39, 0.29) is 24.0 Å². The summed E-state index contributed by atoms with van der Waals surface area (Å²) in [5.74, 6) is -0.526. The smallest absolute Gasteiger partial charge is 0.347 e. The minimum absolute atomic E-state index is 0.00588. The summed E-state index contributed by atoms with van der Waals surface area (Å²) in [6.07, 6.45) is 0. The average Bonchev–Trinajstić information content (AvgIpc) is 2.67. The molecule has 1 aromatic heterocycles. The summed E-state index contributed by atoms with van der Waals surface area (Å²) in [6.45, 7) is 8.53. The van der Waals surface area contributed by atoms with Gasteiger partial charge < -0.3 is 14.9 Å². The quantitative estimate of drug-likeness (QED) is 0.252. The van der Waals surface area contributed by atoms with Crippen LogP contribution in [-0.2, 0) is 11.5 Å². The van der Waals surface area contributed by atoms with Crippen molar-refractivity contribution in [2.45, 2.75) is 39.3 Å². The zero-order chi connectivity index (χ0) is 14.6. The summed E-state index contributed by atoms with van der Waals surface area (Å²) in [7, 11) is -1.19. The van der Waals surface area contributed by atoms with E-state index in [1.54, 1.807) is 0 Å². The summed E-state index contributed by atoms with van der Waals surface area (Å²) in [5, 5.41) is 14.7. The maximum atomic E-state index is 11.2. The summed E-state index contributed by atoms with van der Waals surface area (Å²) in [6, 6.07) is 2.14. The van der Waals surface area contributed by atoms with Gasteiger partial charge in [-0.05, 0) is 11.0 Å². The second kappa shape index (κ2) is 6.07. The summed E-state index contributed by atoms with van der Waals surface area (Å²) in [5.41, 5.74) is 0.0838. The highest BCUT2D eigenvalue weighted by Gasteiger charge is 2.21. The summed E-state index contributed by atoms with van der Waals surface area (Å²) < 4.78 is 6.51. The Kier molecular flexibility index (Phi) is 4.95. The molecule has 0 spiro atoms. The van der Waals surface area contributed by atoms with Crippen LogP contribution in [0.25, 0.3) is 0 Å². The lowest BCUT2D eigenvalue weighted by Crippen LogP contribution is -2.22. The molecule has 19 heavy (non-hydrogen) atoms. The lowest BCUT2D eigenvalue weighted by Gasteiger charge is -2.14. The topological polar surface area (TPSA) is 87.3 Å². The zero-order valence-corrected chi connectivity index (χ0v) is 12.7. The largest absolute Gasteiger partial charge is 0.358 e. The fraction of sp³-hybridized carbons (Fsp3) is 0.636. The minimum Gasteiger partial charge on any atom is -0.358 e. The number of hydrogen-bond acceptors (Lipinski definition) is 5. The van der Waals surface area contributed by atoms with Crippen LogP contribution in [0, 0.1) is 10.1 Å². The van der Waals surface area contributed by atoms with Crippen LogP contribution < -0.4 is 0 Å². The van der Waals surface area contributed by atoms with Gasteiger partial charge in [0.05, 0.1) is 6.07 Å². The van der Waals surface area contributed by atoms with Crippen LogP contribution in [0.3, 0.4) is 0 Å². The van der Waals surface area contributed by atoms with Gasteiger partial charge in [-0.25, -0.2) is 0 Å². The van der Waals surface area contributed by atoms with E-state index in [1.807, 2.05) is 0 Å². The predicted octanol–water partition coefficient (Wildman–Crippen LogP) is 2.31. The minimum atomic E-state index is -1.19. The van der Waals surface area contributed by atoms with Crippen molar-refractivity contribution in [3.8, 4) is 0 Å². The van der Waals surface area contributed by atoms with Crippen LogP contribution in [-0.4, -0.2) is 35.2 Å².